The highest BCUT2D eigenvalue weighted by Gasteiger charge is 2.41. The molecule has 1 saturated heterocycles. The summed E-state index contributed by atoms with van der Waals surface area (Å²) in [4.78, 5) is 14.7. The van der Waals surface area contributed by atoms with E-state index in [1.807, 2.05) is 59.5 Å². The van der Waals surface area contributed by atoms with Crippen LogP contribution in [0.15, 0.2) is 78.9 Å². The monoisotopic (exact) mass is 384 g/mol. The minimum atomic E-state index is -0.534. The lowest BCUT2D eigenvalue weighted by molar-refractivity contribution is 0.0705. The van der Waals surface area contributed by atoms with E-state index in [9.17, 15) is 9.90 Å². The zero-order valence-corrected chi connectivity index (χ0v) is 16.2. The predicted octanol–water partition coefficient (Wildman–Crippen LogP) is 4.49. The van der Waals surface area contributed by atoms with E-state index in [-0.39, 0.29) is 18.0 Å². The molecule has 3 atom stereocenters. The zero-order chi connectivity index (χ0) is 19.8. The largest absolute Gasteiger partial charge is 0.391 e. The standard InChI is InChI=1S/C25H24N2O2/c28-24-16-23-19-11-4-5-12-20(19)25(29)27(23)15-14-22(24)26-21-13-7-6-10-18(21)17-8-2-1-3-9-17/h1-13,22-24,26,28H,14-16H2/t22-,23+,24-/m1/s1. The Bertz CT molecular complexity index is 1030. The fourth-order valence-electron chi connectivity index (χ4n) is 4.67. The number of para-hydroxylation sites is 1. The molecule has 2 aliphatic rings. The molecule has 4 nitrogen and oxygen atoms in total. The lowest BCUT2D eigenvalue weighted by atomic mass is 9.96. The smallest absolute Gasteiger partial charge is 0.254 e. The summed E-state index contributed by atoms with van der Waals surface area (Å²) < 4.78 is 0. The summed E-state index contributed by atoms with van der Waals surface area (Å²) in [6.07, 6.45) is 0.724. The molecule has 2 aliphatic heterocycles. The van der Waals surface area contributed by atoms with Crippen molar-refractivity contribution in [2.24, 2.45) is 0 Å². The van der Waals surface area contributed by atoms with Gasteiger partial charge in [0.25, 0.3) is 5.91 Å². The van der Waals surface area contributed by atoms with Crippen molar-refractivity contribution in [2.75, 3.05) is 11.9 Å². The van der Waals surface area contributed by atoms with E-state index >= 15 is 0 Å². The number of carbonyl (C=O) groups is 1. The Morgan fingerprint density at radius 3 is 2.38 bits per heavy atom. The molecular weight excluding hydrogens is 360 g/mol. The molecule has 1 amide bonds. The molecule has 3 aromatic carbocycles. The molecule has 5 rings (SSSR count). The fraction of sp³-hybridized carbons (Fsp3) is 0.240. The van der Waals surface area contributed by atoms with Gasteiger partial charge < -0.3 is 15.3 Å². The molecule has 0 aromatic heterocycles. The van der Waals surface area contributed by atoms with Crippen LogP contribution in [0.25, 0.3) is 11.1 Å². The van der Waals surface area contributed by atoms with Crippen LogP contribution in [0.3, 0.4) is 0 Å². The van der Waals surface area contributed by atoms with Crippen molar-refractivity contribution in [3.8, 4) is 11.1 Å². The van der Waals surface area contributed by atoms with Crippen LogP contribution in [0.5, 0.6) is 0 Å². The van der Waals surface area contributed by atoms with Gasteiger partial charge in [-0.2, -0.15) is 0 Å². The summed E-state index contributed by atoms with van der Waals surface area (Å²) >= 11 is 0. The van der Waals surface area contributed by atoms with Crippen LogP contribution in [0.1, 0.15) is 34.8 Å². The van der Waals surface area contributed by atoms with Crippen molar-refractivity contribution in [3.05, 3.63) is 90.0 Å². The predicted molar refractivity (Wildman–Crippen MR) is 115 cm³/mol. The lowest BCUT2D eigenvalue weighted by Crippen LogP contribution is -2.34. The quantitative estimate of drug-likeness (QED) is 0.700. The Morgan fingerprint density at radius 1 is 0.862 bits per heavy atom. The van der Waals surface area contributed by atoms with Crippen molar-refractivity contribution in [1.29, 1.82) is 0 Å². The third kappa shape index (κ3) is 3.19. The number of benzene rings is 3. The summed E-state index contributed by atoms with van der Waals surface area (Å²) in [7, 11) is 0. The maximum absolute atomic E-state index is 12.8. The van der Waals surface area contributed by atoms with E-state index in [0.717, 1.165) is 27.9 Å². The van der Waals surface area contributed by atoms with E-state index < -0.39 is 6.10 Å². The first-order valence-corrected chi connectivity index (χ1v) is 10.2. The molecule has 0 unspecified atom stereocenters. The third-order valence-corrected chi connectivity index (χ3v) is 6.15. The molecule has 0 saturated carbocycles. The number of hydrogen-bond acceptors (Lipinski definition) is 3. The van der Waals surface area contributed by atoms with Gasteiger partial charge in [0.05, 0.1) is 18.2 Å². The van der Waals surface area contributed by atoms with Gasteiger partial charge in [-0.15, -0.1) is 0 Å². The lowest BCUT2D eigenvalue weighted by Gasteiger charge is -2.25. The molecule has 146 valence electrons. The highest BCUT2D eigenvalue weighted by Crippen LogP contribution is 2.40. The van der Waals surface area contributed by atoms with E-state index in [1.54, 1.807) is 0 Å². The Morgan fingerprint density at radius 2 is 1.55 bits per heavy atom. The van der Waals surface area contributed by atoms with Crippen molar-refractivity contribution >= 4 is 11.6 Å². The second kappa shape index (κ2) is 7.37. The Hall–Kier alpha value is -3.11. The topological polar surface area (TPSA) is 52.6 Å². The average molecular weight is 384 g/mol. The van der Waals surface area contributed by atoms with Gasteiger partial charge in [0.15, 0.2) is 0 Å². The number of anilines is 1. The third-order valence-electron chi connectivity index (χ3n) is 6.15. The first-order chi connectivity index (χ1) is 14.2. The van der Waals surface area contributed by atoms with Crippen molar-refractivity contribution in [2.45, 2.75) is 31.0 Å². The zero-order valence-electron chi connectivity index (χ0n) is 16.2. The van der Waals surface area contributed by atoms with Crippen molar-refractivity contribution < 1.29 is 9.90 Å². The van der Waals surface area contributed by atoms with Crippen LogP contribution in [-0.4, -0.2) is 34.6 Å². The highest BCUT2D eigenvalue weighted by molar-refractivity contribution is 5.99. The molecule has 0 aliphatic carbocycles. The van der Waals surface area contributed by atoms with Gasteiger partial charge in [-0.3, -0.25) is 4.79 Å². The molecule has 29 heavy (non-hydrogen) atoms. The van der Waals surface area contributed by atoms with Crippen LogP contribution in [0, 0.1) is 0 Å². The van der Waals surface area contributed by atoms with E-state index in [2.05, 4.69) is 29.6 Å². The number of nitrogens with zero attached hydrogens (tertiary/aromatic N) is 1. The summed E-state index contributed by atoms with van der Waals surface area (Å²) in [5.74, 6) is 0.0862. The number of rotatable bonds is 3. The summed E-state index contributed by atoms with van der Waals surface area (Å²) in [6, 6.07) is 26.1. The van der Waals surface area contributed by atoms with Crippen molar-refractivity contribution in [3.63, 3.8) is 0 Å². The van der Waals surface area contributed by atoms with Gasteiger partial charge in [-0.25, -0.2) is 0 Å². The number of carbonyl (C=O) groups excluding carboxylic acids is 1. The van der Waals surface area contributed by atoms with E-state index in [0.29, 0.717) is 19.4 Å². The molecule has 3 aromatic rings. The number of fused-ring (bicyclic) bond motifs is 3. The van der Waals surface area contributed by atoms with Crippen LogP contribution in [0.4, 0.5) is 5.69 Å². The molecule has 2 N–H and O–H groups in total. The summed E-state index contributed by atoms with van der Waals surface area (Å²) in [5.41, 5.74) is 5.10. The van der Waals surface area contributed by atoms with Gasteiger partial charge >= 0.3 is 0 Å². The Labute approximate surface area is 170 Å². The Balaban J connectivity index is 1.41. The minimum absolute atomic E-state index is 0.0372. The summed E-state index contributed by atoms with van der Waals surface area (Å²) in [6.45, 7) is 0.639. The summed E-state index contributed by atoms with van der Waals surface area (Å²) in [5, 5.41) is 14.6. The molecule has 1 fully saturated rings. The maximum Gasteiger partial charge on any atom is 0.254 e. The van der Waals surface area contributed by atoms with Crippen LogP contribution in [-0.2, 0) is 0 Å². The molecule has 4 heteroatoms. The molecule has 0 radical (unpaired) electrons. The number of amides is 1. The molecule has 0 bridgehead atoms. The number of hydrogen-bond donors (Lipinski definition) is 2. The van der Waals surface area contributed by atoms with E-state index in [1.165, 1.54) is 0 Å². The number of aliphatic hydroxyl groups excluding tert-OH is 1. The molecule has 0 spiro atoms. The first kappa shape index (κ1) is 18.0. The normalized spacial score (nSPS) is 23.3. The highest BCUT2D eigenvalue weighted by atomic mass is 16.3. The maximum atomic E-state index is 12.8. The second-order valence-electron chi connectivity index (χ2n) is 7.86. The van der Waals surface area contributed by atoms with Gasteiger partial charge in [0.2, 0.25) is 0 Å². The van der Waals surface area contributed by atoms with Crippen LogP contribution >= 0.6 is 0 Å². The van der Waals surface area contributed by atoms with Gasteiger partial charge in [-0.05, 0) is 36.1 Å². The van der Waals surface area contributed by atoms with Crippen molar-refractivity contribution in [1.82, 2.24) is 4.90 Å². The average Bonchev–Trinajstić information content (AvgIpc) is 2.92. The second-order valence-corrected chi connectivity index (χ2v) is 7.86. The van der Waals surface area contributed by atoms with Crippen LogP contribution in [0.2, 0.25) is 0 Å². The fourth-order valence-corrected chi connectivity index (χ4v) is 4.67. The molecular formula is C25H24N2O2. The van der Waals surface area contributed by atoms with Crippen LogP contribution < -0.4 is 5.32 Å². The number of aliphatic hydroxyl groups is 1. The van der Waals surface area contributed by atoms with Gasteiger partial charge in [-0.1, -0.05) is 66.7 Å². The van der Waals surface area contributed by atoms with Gasteiger partial charge in [0, 0.05) is 23.4 Å². The van der Waals surface area contributed by atoms with E-state index in [4.69, 9.17) is 0 Å². The van der Waals surface area contributed by atoms with Gasteiger partial charge in [0.1, 0.15) is 0 Å². The SMILES string of the molecule is O=C1c2ccccc2[C@@H]2C[C@@H](O)[C@H](Nc3ccccc3-c3ccccc3)CCN12. The molecule has 2 heterocycles. The Kier molecular flexibility index (Phi) is 4.57. The minimum Gasteiger partial charge on any atom is -0.391 e. The number of nitrogens with one attached hydrogen (secondary N) is 1. The first-order valence-electron chi connectivity index (χ1n) is 10.2.